The fourth-order valence-corrected chi connectivity index (χ4v) is 2.22. The van der Waals surface area contributed by atoms with Gasteiger partial charge in [0.25, 0.3) is 0 Å². The topological polar surface area (TPSA) is 87.5 Å². The van der Waals surface area contributed by atoms with Crippen LogP contribution in [-0.2, 0) is 9.59 Å². The summed E-state index contributed by atoms with van der Waals surface area (Å²) in [6.45, 7) is 3.80. The molecule has 6 nitrogen and oxygen atoms in total. The van der Waals surface area contributed by atoms with Crippen molar-refractivity contribution < 1.29 is 9.59 Å². The summed E-state index contributed by atoms with van der Waals surface area (Å²) in [6.07, 6.45) is 0.861. The molecule has 6 heteroatoms. The number of carbonyl (C=O) groups is 2. The average molecular weight is 276 g/mol. The molecule has 0 spiro atoms. The normalized spacial score (nSPS) is 16.4. The van der Waals surface area contributed by atoms with Crippen LogP contribution in [0.5, 0.6) is 0 Å². The van der Waals surface area contributed by atoms with Crippen LogP contribution < -0.4 is 16.4 Å². The minimum absolute atomic E-state index is 0.0287. The highest BCUT2D eigenvalue weighted by molar-refractivity contribution is 5.93. The number of nitrogens with zero attached hydrogens (tertiary/aromatic N) is 1. The first-order valence-corrected chi connectivity index (χ1v) is 6.69. The van der Waals surface area contributed by atoms with E-state index in [-0.39, 0.29) is 24.9 Å². The lowest BCUT2D eigenvalue weighted by molar-refractivity contribution is -0.122. The molecule has 0 atom stereocenters. The number of anilines is 2. The van der Waals surface area contributed by atoms with E-state index in [1.807, 2.05) is 17.9 Å². The van der Waals surface area contributed by atoms with Crippen molar-refractivity contribution in [3.8, 4) is 0 Å². The third-order valence-corrected chi connectivity index (χ3v) is 3.23. The SMILES string of the molecule is Cc1cc(N)ccc1NC(=O)CN1CCCNC(=O)C1. The summed E-state index contributed by atoms with van der Waals surface area (Å²) in [6, 6.07) is 5.36. The van der Waals surface area contributed by atoms with E-state index in [0.29, 0.717) is 12.2 Å². The number of carbonyl (C=O) groups excluding carboxylic acids is 2. The van der Waals surface area contributed by atoms with Gasteiger partial charge in [-0.3, -0.25) is 14.5 Å². The Kier molecular flexibility index (Phi) is 4.57. The molecule has 0 bridgehead atoms. The monoisotopic (exact) mass is 276 g/mol. The van der Waals surface area contributed by atoms with E-state index >= 15 is 0 Å². The number of nitrogen functional groups attached to an aromatic ring is 1. The van der Waals surface area contributed by atoms with Crippen LogP contribution in [0.25, 0.3) is 0 Å². The lowest BCUT2D eigenvalue weighted by atomic mass is 10.2. The van der Waals surface area contributed by atoms with Crippen LogP contribution in [0.15, 0.2) is 18.2 Å². The van der Waals surface area contributed by atoms with E-state index in [0.717, 1.165) is 24.2 Å². The van der Waals surface area contributed by atoms with Gasteiger partial charge in [0.2, 0.25) is 11.8 Å². The molecule has 0 aromatic heterocycles. The molecule has 0 aliphatic carbocycles. The Bertz CT molecular complexity index is 516. The van der Waals surface area contributed by atoms with Gasteiger partial charge < -0.3 is 16.4 Å². The van der Waals surface area contributed by atoms with E-state index in [1.54, 1.807) is 12.1 Å². The first-order valence-electron chi connectivity index (χ1n) is 6.69. The molecule has 0 unspecified atom stereocenters. The Balaban J connectivity index is 1.93. The zero-order chi connectivity index (χ0) is 14.5. The largest absolute Gasteiger partial charge is 0.399 e. The zero-order valence-electron chi connectivity index (χ0n) is 11.6. The summed E-state index contributed by atoms with van der Waals surface area (Å²) < 4.78 is 0. The molecule has 2 amide bonds. The molecule has 20 heavy (non-hydrogen) atoms. The number of hydrogen-bond donors (Lipinski definition) is 3. The highest BCUT2D eigenvalue weighted by Gasteiger charge is 2.17. The molecule has 1 fully saturated rings. The van der Waals surface area contributed by atoms with Crippen molar-refractivity contribution in [3.05, 3.63) is 23.8 Å². The van der Waals surface area contributed by atoms with Crippen LogP contribution >= 0.6 is 0 Å². The van der Waals surface area contributed by atoms with Crippen LogP contribution in [0.1, 0.15) is 12.0 Å². The first kappa shape index (κ1) is 14.3. The molecule has 1 saturated heterocycles. The summed E-state index contributed by atoms with van der Waals surface area (Å²) in [5.41, 5.74) is 8.02. The van der Waals surface area contributed by atoms with Gasteiger partial charge in [0.05, 0.1) is 13.1 Å². The van der Waals surface area contributed by atoms with Crippen molar-refractivity contribution in [1.29, 1.82) is 0 Å². The van der Waals surface area contributed by atoms with Gasteiger partial charge in [-0.2, -0.15) is 0 Å². The predicted molar refractivity (Wildman–Crippen MR) is 78.3 cm³/mol. The second-order valence-corrected chi connectivity index (χ2v) is 5.04. The van der Waals surface area contributed by atoms with Crippen molar-refractivity contribution in [2.45, 2.75) is 13.3 Å². The molecule has 1 aromatic rings. The maximum atomic E-state index is 12.0. The average Bonchev–Trinajstić information content (AvgIpc) is 2.57. The Morgan fingerprint density at radius 1 is 1.50 bits per heavy atom. The molecular formula is C14H20N4O2. The van der Waals surface area contributed by atoms with E-state index in [2.05, 4.69) is 10.6 Å². The number of nitrogens with two attached hydrogens (primary N) is 1. The first-order chi connectivity index (χ1) is 9.54. The van der Waals surface area contributed by atoms with Crippen molar-refractivity contribution >= 4 is 23.2 Å². The number of aryl methyl sites for hydroxylation is 1. The van der Waals surface area contributed by atoms with E-state index in [1.165, 1.54) is 0 Å². The molecule has 108 valence electrons. The van der Waals surface area contributed by atoms with Gasteiger partial charge in [-0.25, -0.2) is 0 Å². The van der Waals surface area contributed by atoms with E-state index < -0.39 is 0 Å². The van der Waals surface area contributed by atoms with Gasteiger partial charge in [0, 0.05) is 24.5 Å². The maximum absolute atomic E-state index is 12.0. The van der Waals surface area contributed by atoms with Crippen LogP contribution in [0.3, 0.4) is 0 Å². The van der Waals surface area contributed by atoms with Gasteiger partial charge in [0.1, 0.15) is 0 Å². The second-order valence-electron chi connectivity index (χ2n) is 5.04. The highest BCUT2D eigenvalue weighted by Crippen LogP contribution is 2.17. The van der Waals surface area contributed by atoms with Crippen LogP contribution in [-0.4, -0.2) is 42.9 Å². The summed E-state index contributed by atoms with van der Waals surface area (Å²) in [5, 5.41) is 5.64. The maximum Gasteiger partial charge on any atom is 0.238 e. The van der Waals surface area contributed by atoms with Gasteiger partial charge >= 0.3 is 0 Å². The molecule has 0 saturated carbocycles. The number of hydrogen-bond acceptors (Lipinski definition) is 4. The van der Waals surface area contributed by atoms with E-state index in [4.69, 9.17) is 5.73 Å². The number of amides is 2. The Labute approximate surface area is 118 Å². The fraction of sp³-hybridized carbons (Fsp3) is 0.429. The number of benzene rings is 1. The third-order valence-electron chi connectivity index (χ3n) is 3.23. The fourth-order valence-electron chi connectivity index (χ4n) is 2.22. The third kappa shape index (κ3) is 3.96. The van der Waals surface area contributed by atoms with Crippen molar-refractivity contribution in [2.24, 2.45) is 0 Å². The molecule has 2 rings (SSSR count). The molecule has 1 heterocycles. The number of rotatable bonds is 3. The summed E-state index contributed by atoms with van der Waals surface area (Å²) in [4.78, 5) is 25.3. The molecule has 1 aromatic carbocycles. The molecule has 4 N–H and O–H groups in total. The molecule has 1 aliphatic rings. The van der Waals surface area contributed by atoms with Crippen LogP contribution in [0, 0.1) is 6.92 Å². The Hall–Kier alpha value is -2.08. The summed E-state index contributed by atoms with van der Waals surface area (Å²) in [5.74, 6) is -0.147. The van der Waals surface area contributed by atoms with Gasteiger partial charge in [-0.15, -0.1) is 0 Å². The zero-order valence-corrected chi connectivity index (χ0v) is 11.6. The quantitative estimate of drug-likeness (QED) is 0.695. The van der Waals surface area contributed by atoms with E-state index in [9.17, 15) is 9.59 Å². The van der Waals surface area contributed by atoms with Gasteiger partial charge in [-0.05, 0) is 37.1 Å². The van der Waals surface area contributed by atoms with Crippen molar-refractivity contribution in [1.82, 2.24) is 10.2 Å². The van der Waals surface area contributed by atoms with Crippen LogP contribution in [0.2, 0.25) is 0 Å². The lowest BCUT2D eigenvalue weighted by Gasteiger charge is -2.18. The molecular weight excluding hydrogens is 256 g/mol. The smallest absolute Gasteiger partial charge is 0.238 e. The van der Waals surface area contributed by atoms with Gasteiger partial charge in [-0.1, -0.05) is 0 Å². The van der Waals surface area contributed by atoms with Crippen molar-refractivity contribution in [2.75, 3.05) is 37.2 Å². The minimum atomic E-state index is -0.118. The Morgan fingerprint density at radius 2 is 2.30 bits per heavy atom. The summed E-state index contributed by atoms with van der Waals surface area (Å²) in [7, 11) is 0. The number of nitrogens with one attached hydrogen (secondary N) is 2. The van der Waals surface area contributed by atoms with Crippen molar-refractivity contribution in [3.63, 3.8) is 0 Å². The second kappa shape index (κ2) is 6.38. The van der Waals surface area contributed by atoms with Crippen LogP contribution in [0.4, 0.5) is 11.4 Å². The minimum Gasteiger partial charge on any atom is -0.399 e. The summed E-state index contributed by atoms with van der Waals surface area (Å²) >= 11 is 0. The molecule has 1 aliphatic heterocycles. The standard InChI is InChI=1S/C14H20N4O2/c1-10-7-11(15)3-4-12(10)17-14(20)9-18-6-2-5-16-13(19)8-18/h3-4,7H,2,5-6,8-9,15H2,1H3,(H,16,19)(H,17,20). The lowest BCUT2D eigenvalue weighted by Crippen LogP contribution is -2.38. The van der Waals surface area contributed by atoms with Gasteiger partial charge in [0.15, 0.2) is 0 Å². The molecule has 0 radical (unpaired) electrons. The Morgan fingerprint density at radius 3 is 3.05 bits per heavy atom. The highest BCUT2D eigenvalue weighted by atomic mass is 16.2. The predicted octanol–water partition coefficient (Wildman–Crippen LogP) is 0.338.